The summed E-state index contributed by atoms with van der Waals surface area (Å²) < 4.78 is 16.4. The fourth-order valence-corrected chi connectivity index (χ4v) is 3.33. The first-order chi connectivity index (χ1) is 12.3. The molecule has 1 aliphatic rings. The van der Waals surface area contributed by atoms with Gasteiger partial charge in [0.25, 0.3) is 0 Å². The maximum absolute atomic E-state index is 5.63. The normalized spacial score (nSPS) is 17.6. The van der Waals surface area contributed by atoms with Gasteiger partial charge in [-0.1, -0.05) is 11.2 Å². The molecule has 4 rings (SSSR count). The minimum absolute atomic E-state index is 0.0131. The smallest absolute Gasteiger partial charge is 0.223 e. The lowest BCUT2D eigenvalue weighted by Gasteiger charge is -2.23. The SMILES string of the molecule is Cc1cc(-c2cnc(NC[C@@H]3COCCO3)nc2-c2cccs2)on1. The maximum Gasteiger partial charge on any atom is 0.223 e. The summed E-state index contributed by atoms with van der Waals surface area (Å²) in [7, 11) is 0. The van der Waals surface area contributed by atoms with Crippen molar-refractivity contribution in [2.24, 2.45) is 0 Å². The largest absolute Gasteiger partial charge is 0.376 e. The zero-order valence-electron chi connectivity index (χ0n) is 13.8. The van der Waals surface area contributed by atoms with Gasteiger partial charge in [0, 0.05) is 18.8 Å². The number of aryl methyl sites for hydroxylation is 1. The lowest BCUT2D eigenvalue weighted by Crippen LogP contribution is -2.34. The Hall–Kier alpha value is -2.29. The van der Waals surface area contributed by atoms with Crippen LogP contribution in [0.5, 0.6) is 0 Å². The zero-order valence-corrected chi connectivity index (χ0v) is 14.6. The summed E-state index contributed by atoms with van der Waals surface area (Å²) in [5.74, 6) is 1.22. The van der Waals surface area contributed by atoms with Crippen LogP contribution in [0.4, 0.5) is 5.95 Å². The molecule has 0 radical (unpaired) electrons. The van der Waals surface area contributed by atoms with Crippen molar-refractivity contribution in [2.45, 2.75) is 13.0 Å². The molecule has 25 heavy (non-hydrogen) atoms. The van der Waals surface area contributed by atoms with Gasteiger partial charge in [-0.25, -0.2) is 9.97 Å². The Morgan fingerprint density at radius 2 is 2.32 bits per heavy atom. The number of nitrogens with zero attached hydrogens (tertiary/aromatic N) is 3. The van der Waals surface area contributed by atoms with Crippen molar-refractivity contribution in [3.05, 3.63) is 35.5 Å². The van der Waals surface area contributed by atoms with Crippen LogP contribution in [0.2, 0.25) is 0 Å². The van der Waals surface area contributed by atoms with E-state index in [2.05, 4.69) is 20.4 Å². The van der Waals surface area contributed by atoms with Crippen LogP contribution in [-0.2, 0) is 9.47 Å². The fraction of sp³-hybridized carbons (Fsp3) is 0.353. The second-order valence-electron chi connectivity index (χ2n) is 5.71. The number of hydrogen-bond donors (Lipinski definition) is 1. The predicted octanol–water partition coefficient (Wildman–Crippen LogP) is 3.00. The van der Waals surface area contributed by atoms with E-state index >= 15 is 0 Å². The zero-order chi connectivity index (χ0) is 17.1. The van der Waals surface area contributed by atoms with Crippen LogP contribution in [0, 0.1) is 6.92 Å². The van der Waals surface area contributed by atoms with E-state index in [9.17, 15) is 0 Å². The van der Waals surface area contributed by atoms with Gasteiger partial charge in [-0.2, -0.15) is 0 Å². The number of thiophene rings is 1. The molecule has 0 bridgehead atoms. The van der Waals surface area contributed by atoms with Gasteiger partial charge in [0.05, 0.1) is 47.8 Å². The van der Waals surface area contributed by atoms with Gasteiger partial charge in [-0.3, -0.25) is 0 Å². The third-order valence-corrected chi connectivity index (χ3v) is 4.69. The molecule has 1 aliphatic heterocycles. The maximum atomic E-state index is 5.63. The Bertz CT molecular complexity index is 828. The lowest BCUT2D eigenvalue weighted by atomic mass is 10.1. The van der Waals surface area contributed by atoms with E-state index in [4.69, 9.17) is 14.0 Å². The summed E-state index contributed by atoms with van der Waals surface area (Å²) >= 11 is 1.62. The van der Waals surface area contributed by atoms with E-state index in [0.717, 1.165) is 21.8 Å². The van der Waals surface area contributed by atoms with Gasteiger partial charge >= 0.3 is 0 Å². The van der Waals surface area contributed by atoms with Crippen LogP contribution in [0.1, 0.15) is 5.69 Å². The van der Waals surface area contributed by atoms with Crippen molar-refractivity contribution in [3.8, 4) is 21.9 Å². The molecule has 0 aliphatic carbocycles. The van der Waals surface area contributed by atoms with Crippen molar-refractivity contribution in [3.63, 3.8) is 0 Å². The molecule has 0 amide bonds. The molecular formula is C17H18N4O3S. The second kappa shape index (κ2) is 7.30. The number of nitrogens with one attached hydrogen (secondary N) is 1. The molecule has 3 aromatic heterocycles. The average Bonchev–Trinajstić information content (AvgIpc) is 3.32. The minimum atomic E-state index is 0.0131. The van der Waals surface area contributed by atoms with Crippen molar-refractivity contribution in [1.29, 1.82) is 0 Å². The molecule has 0 aromatic carbocycles. The van der Waals surface area contributed by atoms with E-state index in [1.165, 1.54) is 0 Å². The number of aromatic nitrogens is 3. The summed E-state index contributed by atoms with van der Waals surface area (Å²) in [6.07, 6.45) is 1.78. The Morgan fingerprint density at radius 1 is 1.36 bits per heavy atom. The molecular weight excluding hydrogens is 340 g/mol. The molecule has 1 fully saturated rings. The molecule has 1 saturated heterocycles. The monoisotopic (exact) mass is 358 g/mol. The number of ether oxygens (including phenoxy) is 2. The molecule has 7 nitrogen and oxygen atoms in total. The number of anilines is 1. The Morgan fingerprint density at radius 3 is 3.04 bits per heavy atom. The van der Waals surface area contributed by atoms with Crippen molar-refractivity contribution >= 4 is 17.3 Å². The first-order valence-electron chi connectivity index (χ1n) is 8.07. The molecule has 1 N–H and O–H groups in total. The third kappa shape index (κ3) is 3.71. The van der Waals surface area contributed by atoms with Crippen LogP contribution >= 0.6 is 11.3 Å². The summed E-state index contributed by atoms with van der Waals surface area (Å²) in [5, 5.41) is 9.21. The number of rotatable bonds is 5. The van der Waals surface area contributed by atoms with Gasteiger partial charge < -0.3 is 19.3 Å². The first-order valence-corrected chi connectivity index (χ1v) is 8.95. The van der Waals surface area contributed by atoms with E-state index in [0.29, 0.717) is 38.1 Å². The van der Waals surface area contributed by atoms with Crippen LogP contribution in [-0.4, -0.2) is 47.6 Å². The van der Waals surface area contributed by atoms with Gasteiger partial charge in [0.15, 0.2) is 5.76 Å². The van der Waals surface area contributed by atoms with Crippen molar-refractivity contribution < 1.29 is 14.0 Å². The molecule has 130 valence electrons. The third-order valence-electron chi connectivity index (χ3n) is 3.81. The van der Waals surface area contributed by atoms with E-state index in [-0.39, 0.29) is 6.10 Å². The molecule has 1 atom stereocenters. The van der Waals surface area contributed by atoms with Crippen LogP contribution in [0.3, 0.4) is 0 Å². The predicted molar refractivity (Wildman–Crippen MR) is 94.6 cm³/mol. The van der Waals surface area contributed by atoms with Crippen LogP contribution < -0.4 is 5.32 Å². The topological polar surface area (TPSA) is 82.3 Å². The van der Waals surface area contributed by atoms with E-state index in [1.807, 2.05) is 30.5 Å². The molecule has 0 spiro atoms. The summed E-state index contributed by atoms with van der Waals surface area (Å²) in [6.45, 7) is 4.35. The fourth-order valence-electron chi connectivity index (χ4n) is 2.60. The summed E-state index contributed by atoms with van der Waals surface area (Å²) in [4.78, 5) is 10.2. The Balaban J connectivity index is 1.60. The highest BCUT2D eigenvalue weighted by Gasteiger charge is 2.18. The van der Waals surface area contributed by atoms with Gasteiger partial charge in [-0.15, -0.1) is 11.3 Å². The average molecular weight is 358 g/mol. The van der Waals surface area contributed by atoms with Crippen LogP contribution in [0.15, 0.2) is 34.3 Å². The highest BCUT2D eigenvalue weighted by Crippen LogP contribution is 2.33. The molecule has 8 heteroatoms. The van der Waals surface area contributed by atoms with Gasteiger partial charge in [-0.05, 0) is 18.4 Å². The second-order valence-corrected chi connectivity index (χ2v) is 6.66. The standard InChI is InChI=1S/C17H18N4O3S/c1-11-7-14(24-21-11)13-9-19-17(18-8-12-10-22-4-5-23-12)20-16(13)15-3-2-6-25-15/h2-3,6-7,9,12H,4-5,8,10H2,1H3,(H,18,19,20)/t12-/m1/s1. The molecule has 0 unspecified atom stereocenters. The van der Waals surface area contributed by atoms with Crippen molar-refractivity contribution in [2.75, 3.05) is 31.7 Å². The highest BCUT2D eigenvalue weighted by molar-refractivity contribution is 7.13. The van der Waals surface area contributed by atoms with E-state index in [1.54, 1.807) is 17.5 Å². The first kappa shape index (κ1) is 16.2. The summed E-state index contributed by atoms with van der Waals surface area (Å²) in [5.41, 5.74) is 2.47. The summed E-state index contributed by atoms with van der Waals surface area (Å²) in [6, 6.07) is 5.91. The minimum Gasteiger partial charge on any atom is -0.376 e. The van der Waals surface area contributed by atoms with Crippen molar-refractivity contribution in [1.82, 2.24) is 15.1 Å². The van der Waals surface area contributed by atoms with E-state index < -0.39 is 0 Å². The number of hydrogen-bond acceptors (Lipinski definition) is 8. The molecule has 0 saturated carbocycles. The lowest BCUT2D eigenvalue weighted by molar-refractivity contribution is -0.0819. The van der Waals surface area contributed by atoms with Crippen LogP contribution in [0.25, 0.3) is 21.9 Å². The Labute approximate surface area is 149 Å². The highest BCUT2D eigenvalue weighted by atomic mass is 32.1. The molecule has 3 aromatic rings. The van der Waals surface area contributed by atoms with Gasteiger partial charge in [0.1, 0.15) is 0 Å². The Kier molecular flexibility index (Phi) is 4.73. The quantitative estimate of drug-likeness (QED) is 0.751. The van der Waals surface area contributed by atoms with Gasteiger partial charge in [0.2, 0.25) is 5.95 Å². The molecule has 4 heterocycles.